The molecule has 0 saturated heterocycles. The van der Waals surface area contributed by atoms with Crippen LogP contribution in [0.25, 0.3) is 6.08 Å². The highest BCUT2D eigenvalue weighted by Crippen LogP contribution is 2.21. The number of nitrogens with zero attached hydrogens (tertiary/aromatic N) is 2. The van der Waals surface area contributed by atoms with E-state index in [0.29, 0.717) is 0 Å². The standard InChI is InChI=1S/C21H33N3/c1-6-19(15-16-22-7-2)13-14-20-11-8-9-12-21(20)24(5)18-10-17-23(3)4/h6,8-9,11-16,22H,7,10,17-18H2,1-5H3/b14-13+,16-15-,19-6-. The SMILES string of the molecule is C/C=C(\C=C/NCC)/C=C/c1ccccc1N(C)CCCN(C)C. The summed E-state index contributed by atoms with van der Waals surface area (Å²) in [5.41, 5.74) is 3.72. The van der Waals surface area contributed by atoms with Gasteiger partial charge in [0.1, 0.15) is 0 Å². The average Bonchev–Trinajstić information content (AvgIpc) is 2.57. The maximum Gasteiger partial charge on any atom is 0.0437 e. The minimum Gasteiger partial charge on any atom is -0.391 e. The lowest BCUT2D eigenvalue weighted by atomic mass is 10.1. The smallest absolute Gasteiger partial charge is 0.0437 e. The van der Waals surface area contributed by atoms with Crippen molar-refractivity contribution in [2.24, 2.45) is 0 Å². The van der Waals surface area contributed by atoms with Crippen LogP contribution in [0, 0.1) is 0 Å². The number of hydrogen-bond acceptors (Lipinski definition) is 3. The molecular weight excluding hydrogens is 294 g/mol. The van der Waals surface area contributed by atoms with Gasteiger partial charge in [-0.2, -0.15) is 0 Å². The molecule has 0 radical (unpaired) electrons. The van der Waals surface area contributed by atoms with E-state index in [1.54, 1.807) is 0 Å². The molecule has 0 amide bonds. The van der Waals surface area contributed by atoms with E-state index in [-0.39, 0.29) is 0 Å². The number of benzene rings is 1. The van der Waals surface area contributed by atoms with Crippen molar-refractivity contribution in [1.29, 1.82) is 0 Å². The first-order valence-corrected chi connectivity index (χ1v) is 8.77. The third-order valence-corrected chi connectivity index (χ3v) is 3.83. The number of allylic oxidation sites excluding steroid dienone is 4. The summed E-state index contributed by atoms with van der Waals surface area (Å²) in [6.07, 6.45) is 11.7. The summed E-state index contributed by atoms with van der Waals surface area (Å²) in [6.45, 7) is 7.27. The first-order chi connectivity index (χ1) is 11.6. The number of para-hydroxylation sites is 1. The van der Waals surface area contributed by atoms with Gasteiger partial charge in [-0.25, -0.2) is 0 Å². The lowest BCUT2D eigenvalue weighted by Gasteiger charge is -2.22. The zero-order chi connectivity index (χ0) is 17.8. The van der Waals surface area contributed by atoms with Gasteiger partial charge in [-0.1, -0.05) is 36.4 Å². The predicted molar refractivity (Wildman–Crippen MR) is 108 cm³/mol. The largest absolute Gasteiger partial charge is 0.391 e. The third kappa shape index (κ3) is 7.51. The Labute approximate surface area is 148 Å². The van der Waals surface area contributed by atoms with Crippen LogP contribution >= 0.6 is 0 Å². The molecule has 0 aliphatic rings. The van der Waals surface area contributed by atoms with Crippen LogP contribution in [-0.4, -0.2) is 45.7 Å². The summed E-state index contributed by atoms with van der Waals surface area (Å²) < 4.78 is 0. The maximum atomic E-state index is 3.21. The van der Waals surface area contributed by atoms with Crippen molar-refractivity contribution in [3.8, 4) is 0 Å². The molecule has 0 saturated carbocycles. The highest BCUT2D eigenvalue weighted by atomic mass is 15.1. The molecule has 0 unspecified atom stereocenters. The van der Waals surface area contributed by atoms with Gasteiger partial charge in [-0.3, -0.25) is 0 Å². The fourth-order valence-corrected chi connectivity index (χ4v) is 2.43. The van der Waals surface area contributed by atoms with E-state index in [4.69, 9.17) is 0 Å². The van der Waals surface area contributed by atoms with Crippen LogP contribution in [0.3, 0.4) is 0 Å². The van der Waals surface area contributed by atoms with Crippen molar-refractivity contribution in [3.05, 3.63) is 59.8 Å². The highest BCUT2D eigenvalue weighted by molar-refractivity contribution is 5.69. The number of anilines is 1. The summed E-state index contributed by atoms with van der Waals surface area (Å²) in [7, 11) is 6.41. The van der Waals surface area contributed by atoms with E-state index in [9.17, 15) is 0 Å². The van der Waals surface area contributed by atoms with Crippen molar-refractivity contribution in [2.75, 3.05) is 45.7 Å². The monoisotopic (exact) mass is 327 g/mol. The Morgan fingerprint density at radius 3 is 2.50 bits per heavy atom. The maximum absolute atomic E-state index is 3.21. The van der Waals surface area contributed by atoms with Gasteiger partial charge >= 0.3 is 0 Å². The Bertz CT molecular complexity index is 556. The van der Waals surface area contributed by atoms with Gasteiger partial charge in [-0.05, 0) is 70.4 Å². The zero-order valence-electron chi connectivity index (χ0n) is 15.9. The Morgan fingerprint density at radius 1 is 1.08 bits per heavy atom. The van der Waals surface area contributed by atoms with E-state index in [2.05, 4.69) is 98.7 Å². The summed E-state index contributed by atoms with van der Waals surface area (Å²) >= 11 is 0. The minimum absolute atomic E-state index is 0.942. The van der Waals surface area contributed by atoms with Crippen molar-refractivity contribution in [2.45, 2.75) is 20.3 Å². The van der Waals surface area contributed by atoms with E-state index in [0.717, 1.165) is 26.1 Å². The molecule has 0 aromatic heterocycles. The molecule has 3 heteroatoms. The molecule has 0 spiro atoms. The van der Waals surface area contributed by atoms with Gasteiger partial charge < -0.3 is 15.1 Å². The number of nitrogens with one attached hydrogen (secondary N) is 1. The fraction of sp³-hybridized carbons (Fsp3) is 0.429. The predicted octanol–water partition coefficient (Wildman–Crippen LogP) is 4.16. The molecule has 3 nitrogen and oxygen atoms in total. The van der Waals surface area contributed by atoms with E-state index < -0.39 is 0 Å². The summed E-state index contributed by atoms with van der Waals surface area (Å²) in [5, 5.41) is 3.21. The molecular formula is C21H33N3. The molecule has 0 heterocycles. The van der Waals surface area contributed by atoms with E-state index in [1.165, 1.54) is 16.8 Å². The van der Waals surface area contributed by atoms with Crippen LogP contribution in [0.5, 0.6) is 0 Å². The van der Waals surface area contributed by atoms with Crippen LogP contribution in [0.4, 0.5) is 5.69 Å². The molecule has 1 aromatic carbocycles. The van der Waals surface area contributed by atoms with Crippen molar-refractivity contribution in [3.63, 3.8) is 0 Å². The van der Waals surface area contributed by atoms with Crippen molar-refractivity contribution >= 4 is 11.8 Å². The molecule has 0 fully saturated rings. The molecule has 0 aliphatic carbocycles. The lowest BCUT2D eigenvalue weighted by Crippen LogP contribution is -2.23. The van der Waals surface area contributed by atoms with Gasteiger partial charge in [0.2, 0.25) is 0 Å². The van der Waals surface area contributed by atoms with E-state index in [1.807, 2.05) is 6.20 Å². The van der Waals surface area contributed by atoms with Gasteiger partial charge in [0.05, 0.1) is 0 Å². The van der Waals surface area contributed by atoms with Crippen LogP contribution in [0.1, 0.15) is 25.8 Å². The number of rotatable bonds is 10. The fourth-order valence-electron chi connectivity index (χ4n) is 2.43. The molecule has 1 N–H and O–H groups in total. The third-order valence-electron chi connectivity index (χ3n) is 3.83. The van der Waals surface area contributed by atoms with Crippen molar-refractivity contribution < 1.29 is 0 Å². The van der Waals surface area contributed by atoms with Crippen LogP contribution in [0.2, 0.25) is 0 Å². The molecule has 0 aliphatic heterocycles. The molecule has 1 rings (SSSR count). The molecule has 1 aromatic rings. The molecule has 132 valence electrons. The summed E-state index contributed by atoms with van der Waals surface area (Å²) in [6, 6.07) is 8.58. The second-order valence-corrected chi connectivity index (χ2v) is 6.15. The minimum atomic E-state index is 0.942. The first kappa shape index (κ1) is 20.0. The summed E-state index contributed by atoms with van der Waals surface area (Å²) in [4.78, 5) is 4.57. The van der Waals surface area contributed by atoms with Crippen molar-refractivity contribution in [1.82, 2.24) is 10.2 Å². The first-order valence-electron chi connectivity index (χ1n) is 8.77. The quantitative estimate of drug-likeness (QED) is 0.651. The van der Waals surface area contributed by atoms with Crippen LogP contribution < -0.4 is 10.2 Å². The van der Waals surface area contributed by atoms with Gasteiger partial charge in [0, 0.05) is 25.8 Å². The van der Waals surface area contributed by atoms with Gasteiger partial charge in [-0.15, -0.1) is 0 Å². The van der Waals surface area contributed by atoms with E-state index >= 15 is 0 Å². The van der Waals surface area contributed by atoms with Gasteiger partial charge in [0.25, 0.3) is 0 Å². The van der Waals surface area contributed by atoms with Gasteiger partial charge in [0.15, 0.2) is 0 Å². The second kappa shape index (κ2) is 11.5. The lowest BCUT2D eigenvalue weighted by molar-refractivity contribution is 0.401. The summed E-state index contributed by atoms with van der Waals surface area (Å²) in [5.74, 6) is 0. The topological polar surface area (TPSA) is 18.5 Å². The highest BCUT2D eigenvalue weighted by Gasteiger charge is 2.05. The Morgan fingerprint density at radius 2 is 1.83 bits per heavy atom. The average molecular weight is 328 g/mol. The normalized spacial score (nSPS) is 12.5. The Balaban J connectivity index is 2.79. The Hall–Kier alpha value is -2.00. The Kier molecular flexibility index (Phi) is 9.62. The van der Waals surface area contributed by atoms with Crippen LogP contribution in [-0.2, 0) is 0 Å². The number of hydrogen-bond donors (Lipinski definition) is 1. The second-order valence-electron chi connectivity index (χ2n) is 6.15. The van der Waals surface area contributed by atoms with Crippen LogP contribution in [0.15, 0.2) is 54.3 Å². The molecule has 0 bridgehead atoms. The molecule has 0 atom stereocenters. The zero-order valence-corrected chi connectivity index (χ0v) is 15.9. The molecule has 24 heavy (non-hydrogen) atoms.